The Labute approximate surface area is 442 Å². The molecule has 6 aliphatic rings. The SMILES string of the molecule is COc1ccc([C@H]2C[C@@H]2NC(=O)[C@@H]2CN(C(=O)c3ccc(C(=O)N4C[C@@H](C(=O)N[C@H]5C[C@@H]5c5ccc(OC)cc5)[C@H](C(=O)N[C@@H]5C[C@H]5c5ccc(OC)cc5)C4)cc3)C[C@H]2C(=O)N[C@H]2C[C@@H]2c2ccc(OC)cc2)cc1. The number of carbonyl (C=O) groups is 6. The van der Waals surface area contributed by atoms with Gasteiger partial charge in [-0.05, 0) is 121 Å². The van der Waals surface area contributed by atoms with E-state index in [1.807, 2.05) is 97.1 Å². The fourth-order valence-electron chi connectivity index (χ4n) is 11.6. The zero-order valence-corrected chi connectivity index (χ0v) is 43.1. The average molecular weight is 1030 g/mol. The van der Waals surface area contributed by atoms with Crippen molar-refractivity contribution in [1.29, 1.82) is 0 Å². The van der Waals surface area contributed by atoms with Gasteiger partial charge in [0.2, 0.25) is 23.6 Å². The molecule has 76 heavy (non-hydrogen) atoms. The van der Waals surface area contributed by atoms with Gasteiger partial charge in [-0.25, -0.2) is 0 Å². The third-order valence-electron chi connectivity index (χ3n) is 16.6. The van der Waals surface area contributed by atoms with Gasteiger partial charge in [0.25, 0.3) is 11.8 Å². The molecular formula is C60H64N6O10. The van der Waals surface area contributed by atoms with E-state index >= 15 is 0 Å². The topological polar surface area (TPSA) is 194 Å². The number of ether oxygens (including phenoxy) is 4. The Morgan fingerprint density at radius 2 is 0.553 bits per heavy atom. The van der Waals surface area contributed by atoms with Gasteiger partial charge < -0.3 is 50.0 Å². The van der Waals surface area contributed by atoms with Crippen LogP contribution in [-0.2, 0) is 19.2 Å². The van der Waals surface area contributed by atoms with Crippen molar-refractivity contribution in [1.82, 2.24) is 31.1 Å². The number of likely N-dealkylation sites (tertiary alicyclic amines) is 2. The maximum absolute atomic E-state index is 14.3. The molecule has 2 saturated heterocycles. The van der Waals surface area contributed by atoms with E-state index in [1.54, 1.807) is 62.5 Å². The maximum Gasteiger partial charge on any atom is 0.253 e. The van der Waals surface area contributed by atoms with Gasteiger partial charge >= 0.3 is 0 Å². The number of carbonyl (C=O) groups excluding carboxylic acids is 6. The van der Waals surface area contributed by atoms with Crippen LogP contribution in [0.3, 0.4) is 0 Å². The van der Waals surface area contributed by atoms with Gasteiger partial charge in [-0.2, -0.15) is 0 Å². The lowest BCUT2D eigenvalue weighted by molar-refractivity contribution is -0.133. The molecule has 5 aromatic rings. The van der Waals surface area contributed by atoms with Gasteiger partial charge in [0.05, 0.1) is 52.1 Å². The highest BCUT2D eigenvalue weighted by Gasteiger charge is 2.51. The number of amides is 6. The summed E-state index contributed by atoms with van der Waals surface area (Å²) in [6.45, 7) is 0.167. The first-order valence-corrected chi connectivity index (χ1v) is 26.4. The van der Waals surface area contributed by atoms with E-state index in [9.17, 15) is 28.8 Å². The molecule has 12 atom stereocenters. The van der Waals surface area contributed by atoms with Crippen molar-refractivity contribution in [3.05, 3.63) is 155 Å². The monoisotopic (exact) mass is 1030 g/mol. The number of rotatable bonds is 18. The van der Waals surface area contributed by atoms with Gasteiger partial charge in [-0.15, -0.1) is 0 Å². The van der Waals surface area contributed by atoms with Crippen molar-refractivity contribution in [2.45, 2.75) is 73.5 Å². The Morgan fingerprint density at radius 3 is 0.750 bits per heavy atom. The van der Waals surface area contributed by atoms with Gasteiger partial charge in [0, 0.05) is 85.1 Å². The molecule has 0 radical (unpaired) electrons. The van der Waals surface area contributed by atoms with E-state index in [4.69, 9.17) is 18.9 Å². The fourth-order valence-corrected chi connectivity index (χ4v) is 11.6. The van der Waals surface area contributed by atoms with Crippen molar-refractivity contribution in [2.24, 2.45) is 23.7 Å². The molecule has 0 spiro atoms. The molecule has 11 rings (SSSR count). The predicted molar refractivity (Wildman–Crippen MR) is 281 cm³/mol. The minimum absolute atomic E-state index is 0.0417. The molecule has 2 aliphatic heterocycles. The normalized spacial score (nSPS) is 27.6. The second-order valence-electron chi connectivity index (χ2n) is 21.3. The summed E-state index contributed by atoms with van der Waals surface area (Å²) in [7, 11) is 6.47. The van der Waals surface area contributed by atoms with E-state index in [0.29, 0.717) is 11.1 Å². The summed E-state index contributed by atoms with van der Waals surface area (Å²) in [5.41, 5.74) is 4.94. The van der Waals surface area contributed by atoms with Crippen LogP contribution in [0.4, 0.5) is 0 Å². The maximum atomic E-state index is 14.3. The third-order valence-corrected chi connectivity index (χ3v) is 16.6. The molecule has 6 amide bonds. The van der Waals surface area contributed by atoms with Crippen LogP contribution in [0.2, 0.25) is 0 Å². The lowest BCUT2D eigenvalue weighted by Gasteiger charge is -2.18. The van der Waals surface area contributed by atoms with Gasteiger partial charge in [0.1, 0.15) is 23.0 Å². The Bertz CT molecular complexity index is 2620. The highest BCUT2D eigenvalue weighted by Crippen LogP contribution is 2.45. The predicted octanol–water partition coefficient (Wildman–Crippen LogP) is 5.79. The van der Waals surface area contributed by atoms with Crippen LogP contribution in [0.5, 0.6) is 23.0 Å². The van der Waals surface area contributed by atoms with Crippen molar-refractivity contribution >= 4 is 35.4 Å². The second-order valence-corrected chi connectivity index (χ2v) is 21.3. The fraction of sp³-hybridized carbons (Fsp3) is 0.400. The van der Waals surface area contributed by atoms with Crippen molar-refractivity contribution in [2.75, 3.05) is 54.6 Å². The number of methoxy groups -OCH3 is 4. The summed E-state index contributed by atoms with van der Waals surface area (Å²) in [6.07, 6.45) is 3.05. The van der Waals surface area contributed by atoms with Gasteiger partial charge in [-0.3, -0.25) is 28.8 Å². The summed E-state index contributed by atoms with van der Waals surface area (Å²) in [5, 5.41) is 12.7. The van der Waals surface area contributed by atoms with Gasteiger partial charge in [-0.1, -0.05) is 48.5 Å². The van der Waals surface area contributed by atoms with Crippen LogP contribution >= 0.6 is 0 Å². The highest BCUT2D eigenvalue weighted by molar-refractivity contribution is 6.00. The largest absolute Gasteiger partial charge is 0.497 e. The quantitative estimate of drug-likeness (QED) is 0.0836. The standard InChI is InChI=1S/C60H64N6O10/c1-73-39-17-9-33(10-18-39)43-25-51(43)61-55(67)47-29-65(30-48(47)56(68)62-52-26-44(52)34-11-19-40(74-2)20-12-34)59(71)37-5-7-38(8-6-37)60(72)66-31-49(57(69)63-53-27-45(53)35-13-21-41(75-3)22-14-35)50(32-66)58(70)64-54-28-46(54)36-15-23-42(76-4)24-16-36/h5-24,43-54H,25-32H2,1-4H3,(H,61,67)(H,62,68)(H,63,69)(H,64,70)/t43-,44-,45-,46+,47-,48-,49-,50-,51+,52+,53+,54-/m1/s1. The molecular weight excluding hydrogens is 965 g/mol. The number of nitrogens with one attached hydrogen (secondary N) is 4. The number of hydrogen-bond donors (Lipinski definition) is 4. The van der Waals surface area contributed by atoms with E-state index in [-0.39, 0.29) is 109 Å². The summed E-state index contributed by atoms with van der Waals surface area (Å²) in [6, 6.07) is 37.1. The van der Waals surface area contributed by atoms with Crippen molar-refractivity contribution in [3.8, 4) is 23.0 Å². The zero-order chi connectivity index (χ0) is 52.8. The molecule has 0 unspecified atom stereocenters. The lowest BCUT2D eigenvalue weighted by atomic mass is 9.94. The molecule has 4 aliphatic carbocycles. The van der Waals surface area contributed by atoms with Gasteiger partial charge in [0.15, 0.2) is 0 Å². The van der Waals surface area contributed by atoms with Crippen LogP contribution in [0.15, 0.2) is 121 Å². The summed E-state index contributed by atoms with van der Waals surface area (Å²) in [5.74, 6) is -1.43. The molecule has 0 aromatic heterocycles. The molecule has 16 nitrogen and oxygen atoms in total. The first-order chi connectivity index (χ1) is 36.9. The Hall–Kier alpha value is -7.88. The van der Waals surface area contributed by atoms with Crippen LogP contribution in [-0.4, -0.2) is 124 Å². The molecule has 16 heteroatoms. The number of nitrogens with zero attached hydrogens (tertiary/aromatic N) is 2. The highest BCUT2D eigenvalue weighted by atomic mass is 16.5. The van der Waals surface area contributed by atoms with E-state index in [0.717, 1.165) is 70.9 Å². The van der Waals surface area contributed by atoms with E-state index in [1.165, 1.54) is 0 Å². The smallest absolute Gasteiger partial charge is 0.253 e. The van der Waals surface area contributed by atoms with Crippen LogP contribution in [0.1, 0.15) is 92.3 Å². The second kappa shape index (κ2) is 21.0. The molecule has 394 valence electrons. The molecule has 5 aromatic carbocycles. The Balaban J connectivity index is 0.755. The number of benzene rings is 5. The van der Waals surface area contributed by atoms with Crippen LogP contribution in [0, 0.1) is 23.7 Å². The first-order valence-electron chi connectivity index (χ1n) is 26.4. The van der Waals surface area contributed by atoms with E-state index < -0.39 is 23.7 Å². The molecule has 4 N–H and O–H groups in total. The average Bonchev–Trinajstić information content (AvgIpc) is 4.41. The summed E-state index contributed by atoms with van der Waals surface area (Å²) >= 11 is 0. The third kappa shape index (κ3) is 10.7. The lowest BCUT2D eigenvalue weighted by Crippen LogP contribution is -2.43. The first kappa shape index (κ1) is 50.3. The summed E-state index contributed by atoms with van der Waals surface area (Å²) < 4.78 is 21.3. The Morgan fingerprint density at radius 1 is 0.342 bits per heavy atom. The van der Waals surface area contributed by atoms with Crippen LogP contribution < -0.4 is 40.2 Å². The van der Waals surface area contributed by atoms with Crippen molar-refractivity contribution in [3.63, 3.8) is 0 Å². The summed E-state index contributed by atoms with van der Waals surface area (Å²) in [4.78, 5) is 88.4. The minimum Gasteiger partial charge on any atom is -0.497 e. The molecule has 4 saturated carbocycles. The van der Waals surface area contributed by atoms with Crippen LogP contribution in [0.25, 0.3) is 0 Å². The molecule has 0 bridgehead atoms. The zero-order valence-electron chi connectivity index (χ0n) is 43.1. The molecule has 2 heterocycles. The minimum atomic E-state index is -0.785. The molecule has 6 fully saturated rings. The van der Waals surface area contributed by atoms with E-state index in [2.05, 4.69) is 21.3 Å². The number of hydrogen-bond acceptors (Lipinski definition) is 10. The Kier molecular flexibility index (Phi) is 13.9. The van der Waals surface area contributed by atoms with Crippen molar-refractivity contribution < 1.29 is 47.7 Å².